The Bertz CT molecular complexity index is 2550. The highest BCUT2D eigenvalue weighted by Gasteiger charge is 2.61. The second-order valence-electron chi connectivity index (χ2n) is 36.6. The predicted octanol–water partition coefficient (Wildman–Crippen LogP) is 25.3. The number of amides is 2. The summed E-state index contributed by atoms with van der Waals surface area (Å²) in [7, 11) is -5.71. The Morgan fingerprint density at radius 2 is 0.683 bits per heavy atom. The number of ether oxygens (including phenoxy) is 6. The molecule has 0 bridgehead atoms. The van der Waals surface area contributed by atoms with Crippen LogP contribution in [0.25, 0.3) is 0 Å². The molecule has 1 fully saturated rings. The lowest BCUT2D eigenvalue weighted by molar-refractivity contribution is -0.286. The van der Waals surface area contributed by atoms with Gasteiger partial charge in [-0.25, -0.2) is 4.57 Å². The fourth-order valence-corrected chi connectivity index (χ4v) is 17.2. The third-order valence-corrected chi connectivity index (χ3v) is 24.3. The lowest BCUT2D eigenvalue weighted by Crippen LogP contribution is -2.75. The average molecular weight is 1730 g/mol. The molecule has 706 valence electrons. The molecule has 8 atom stereocenters. The first-order valence-corrected chi connectivity index (χ1v) is 51.7. The van der Waals surface area contributed by atoms with Crippen LogP contribution >= 0.6 is 7.82 Å². The molecule has 22 heteroatoms. The fourth-order valence-electron chi connectivity index (χ4n) is 16.6. The van der Waals surface area contributed by atoms with Crippen LogP contribution in [0.15, 0.2) is 0 Å². The Kier molecular flexibility index (Phi) is 72.9. The van der Waals surface area contributed by atoms with Gasteiger partial charge in [0.05, 0.1) is 25.9 Å². The number of carbonyl (C=O) groups excluding carboxylic acids is 7. The standard InChI is InChI=1S/C98H185N2O19P/c1-10-16-22-28-34-40-43-49-55-61-67-73-89(104)113-83(70-64-58-52-46-37-31-25-19-13-4)78-87(102)99-98(76-77-100(81-93(108)118-97(7,8)9)88(103)79-84(71-65-59-53-47-38-32-26-20-14-5)114-90(105)74-68-62-56-50-44-41-35-29-23-17-11-2)95(94(119-120(110,111)112)86(82-101)116-96(98)109)117-92(107)80-85(72-66-60-54-48-39-33-27-21-15-6)115-91(106)75-69-63-57-51-45-42-36-30-24-18-12-3/h83-86,94-96,101,109H,10-82H2,1-9H3,(H,99,102)(H2,110,111,112)/t83-,84-,85-,86-,94-,95+,96?,98?/m1/s1. The number of phosphoric ester groups is 1. The first-order chi connectivity index (χ1) is 57.9. The van der Waals surface area contributed by atoms with Crippen molar-refractivity contribution in [3.8, 4) is 0 Å². The minimum atomic E-state index is -5.71. The van der Waals surface area contributed by atoms with Gasteiger partial charge in [-0.2, -0.15) is 0 Å². The number of carbonyl (C=O) groups is 7. The highest BCUT2D eigenvalue weighted by atomic mass is 31.2. The Balaban J connectivity index is 4.23. The van der Waals surface area contributed by atoms with Gasteiger partial charge in [0.1, 0.15) is 48.2 Å². The van der Waals surface area contributed by atoms with Crippen molar-refractivity contribution in [2.45, 2.75) is 566 Å². The van der Waals surface area contributed by atoms with E-state index >= 15 is 14.4 Å². The number of aliphatic hydroxyl groups is 2. The van der Waals surface area contributed by atoms with Gasteiger partial charge in [0.15, 0.2) is 12.4 Å². The lowest BCUT2D eigenvalue weighted by atomic mass is 9.79. The summed E-state index contributed by atoms with van der Waals surface area (Å²) in [4.78, 5) is 126. The average Bonchev–Trinajstić information content (AvgIpc) is 0.743. The zero-order chi connectivity index (χ0) is 88.4. The molecule has 1 aliphatic rings. The van der Waals surface area contributed by atoms with Crippen LogP contribution in [-0.4, -0.2) is 140 Å². The Labute approximate surface area is 732 Å². The first-order valence-electron chi connectivity index (χ1n) is 50.2. The van der Waals surface area contributed by atoms with Gasteiger partial charge in [0, 0.05) is 25.8 Å². The topological polar surface area (TPSA) is 297 Å². The van der Waals surface area contributed by atoms with Crippen molar-refractivity contribution in [1.82, 2.24) is 10.2 Å². The van der Waals surface area contributed by atoms with Gasteiger partial charge in [-0.15, -0.1) is 0 Å². The second kappa shape index (κ2) is 76.5. The smallest absolute Gasteiger partial charge is 0.462 e. The van der Waals surface area contributed by atoms with Crippen LogP contribution < -0.4 is 5.32 Å². The summed E-state index contributed by atoms with van der Waals surface area (Å²) in [5, 5.41) is 27.0. The van der Waals surface area contributed by atoms with E-state index in [4.69, 9.17) is 32.9 Å². The number of nitrogens with zero attached hydrogens (tertiary/aromatic N) is 1. The van der Waals surface area contributed by atoms with Gasteiger partial charge in [-0.1, -0.05) is 388 Å². The summed E-state index contributed by atoms with van der Waals surface area (Å²) < 4.78 is 56.1. The van der Waals surface area contributed by atoms with Gasteiger partial charge in [-0.3, -0.25) is 38.1 Å². The number of aliphatic hydroxyl groups excluding tert-OH is 2. The zero-order valence-electron chi connectivity index (χ0n) is 78.5. The molecule has 21 nitrogen and oxygen atoms in total. The molecule has 0 aromatic heterocycles. The van der Waals surface area contributed by atoms with E-state index in [9.17, 15) is 43.7 Å². The molecule has 1 heterocycles. The molecule has 0 aliphatic carbocycles. The highest BCUT2D eigenvalue weighted by molar-refractivity contribution is 7.46. The summed E-state index contributed by atoms with van der Waals surface area (Å²) in [6.45, 7) is 15.9. The van der Waals surface area contributed by atoms with Crippen LogP contribution in [-0.2, 0) is 71.1 Å². The molecule has 0 spiro atoms. The molecule has 0 saturated carbocycles. The van der Waals surface area contributed by atoms with E-state index in [1.807, 2.05) is 0 Å². The minimum absolute atomic E-state index is 0.104. The monoisotopic (exact) mass is 1730 g/mol. The van der Waals surface area contributed by atoms with Crippen molar-refractivity contribution >= 4 is 49.5 Å². The van der Waals surface area contributed by atoms with Crippen molar-refractivity contribution in [1.29, 1.82) is 0 Å². The molecular formula is C98H185N2O19P. The molecular weight excluding hydrogens is 1540 g/mol. The maximum atomic E-state index is 15.6. The number of phosphoric acid groups is 1. The molecule has 5 N–H and O–H groups in total. The molecule has 1 saturated heterocycles. The summed E-state index contributed by atoms with van der Waals surface area (Å²) >= 11 is 0. The summed E-state index contributed by atoms with van der Waals surface area (Å²) in [6.07, 6.45) is 50.6. The molecule has 1 rings (SSSR count). The number of hydrogen-bond donors (Lipinski definition) is 5. The largest absolute Gasteiger partial charge is 0.470 e. The number of nitrogens with one attached hydrogen (secondary N) is 1. The Morgan fingerprint density at radius 1 is 0.400 bits per heavy atom. The van der Waals surface area contributed by atoms with E-state index in [-0.39, 0.29) is 38.5 Å². The van der Waals surface area contributed by atoms with Crippen LogP contribution in [0.5, 0.6) is 0 Å². The van der Waals surface area contributed by atoms with Crippen molar-refractivity contribution in [2.24, 2.45) is 0 Å². The van der Waals surface area contributed by atoms with E-state index in [0.29, 0.717) is 44.9 Å². The second-order valence-corrected chi connectivity index (χ2v) is 37.8. The fraction of sp³-hybridized carbons (Fsp3) is 0.929. The number of hydrogen-bond acceptors (Lipinski definition) is 17. The molecule has 120 heavy (non-hydrogen) atoms. The van der Waals surface area contributed by atoms with Crippen molar-refractivity contribution in [3.05, 3.63) is 0 Å². The molecule has 0 aromatic rings. The van der Waals surface area contributed by atoms with Gasteiger partial charge >= 0.3 is 37.7 Å². The minimum Gasteiger partial charge on any atom is -0.462 e. The van der Waals surface area contributed by atoms with Crippen LogP contribution in [0.3, 0.4) is 0 Å². The summed E-state index contributed by atoms with van der Waals surface area (Å²) in [6, 6.07) is 0. The maximum absolute atomic E-state index is 15.6. The summed E-state index contributed by atoms with van der Waals surface area (Å²) in [5.74, 6) is -4.93. The van der Waals surface area contributed by atoms with Crippen molar-refractivity contribution < 1.29 is 91.1 Å². The molecule has 0 radical (unpaired) electrons. The SMILES string of the molecule is CCCCCCCCCCCCCC(=O)O[C@H](CCCCCCCCCCC)CC(=O)NC1(CCN(CC(=O)OC(C)(C)C)C(=O)C[C@@H](CCCCCCCCCCC)OC(=O)CCCCCCCCCCCCC)C(O)O[C@H](CO)[C@@H](OP(=O)(O)O)[C@@H]1OC(=O)C[C@@H](CCCCCCCCCCC)OC(=O)CCCCCCCCCCCCC. The van der Waals surface area contributed by atoms with E-state index in [1.165, 1.54) is 154 Å². The quantitative estimate of drug-likeness (QED) is 0.0164. The van der Waals surface area contributed by atoms with Gasteiger partial charge in [0.2, 0.25) is 11.8 Å². The Hall–Kier alpha value is -3.72. The van der Waals surface area contributed by atoms with E-state index in [1.54, 1.807) is 20.8 Å². The third kappa shape index (κ3) is 64.1. The first kappa shape index (κ1) is 114. The highest BCUT2D eigenvalue weighted by Crippen LogP contribution is 2.45. The van der Waals surface area contributed by atoms with Crippen LogP contribution in [0.1, 0.15) is 512 Å². The van der Waals surface area contributed by atoms with E-state index in [2.05, 4.69) is 46.9 Å². The zero-order valence-corrected chi connectivity index (χ0v) is 79.4. The molecule has 2 unspecified atom stereocenters. The van der Waals surface area contributed by atoms with E-state index in [0.717, 1.165) is 198 Å². The summed E-state index contributed by atoms with van der Waals surface area (Å²) in [5.41, 5.74) is -3.63. The van der Waals surface area contributed by atoms with Crippen molar-refractivity contribution in [3.63, 3.8) is 0 Å². The Morgan fingerprint density at radius 3 is 0.975 bits per heavy atom. The molecule has 2 amide bonds. The predicted molar refractivity (Wildman–Crippen MR) is 485 cm³/mol. The van der Waals surface area contributed by atoms with Gasteiger partial charge in [0.25, 0.3) is 0 Å². The number of rotatable bonds is 85. The van der Waals surface area contributed by atoms with E-state index < -0.39 is 142 Å². The van der Waals surface area contributed by atoms with Crippen molar-refractivity contribution in [2.75, 3.05) is 19.7 Å². The van der Waals surface area contributed by atoms with Gasteiger partial charge < -0.3 is 58.6 Å². The van der Waals surface area contributed by atoms with Crippen LogP contribution in [0, 0.1) is 0 Å². The molecule has 0 aromatic carbocycles. The number of unbranched alkanes of at least 4 members (excludes halogenated alkanes) is 54. The normalized spacial score (nSPS) is 17.0. The van der Waals surface area contributed by atoms with Crippen LogP contribution in [0.2, 0.25) is 0 Å². The number of esters is 5. The maximum Gasteiger partial charge on any atom is 0.470 e. The molecule has 1 aliphatic heterocycles. The van der Waals surface area contributed by atoms with Crippen LogP contribution in [0.4, 0.5) is 0 Å². The third-order valence-electron chi connectivity index (χ3n) is 23.8. The van der Waals surface area contributed by atoms with Gasteiger partial charge in [-0.05, 0) is 85.0 Å². The lowest BCUT2D eigenvalue weighted by Gasteiger charge is -2.52.